The number of rotatable bonds is 3. The molecule has 0 atom stereocenters. The highest BCUT2D eigenvalue weighted by molar-refractivity contribution is 9.10. The molecule has 0 aliphatic carbocycles. The van der Waals surface area contributed by atoms with E-state index in [-0.39, 0.29) is 22.9 Å². The van der Waals surface area contributed by atoms with Crippen LogP contribution in [0.15, 0.2) is 22.7 Å². The minimum atomic E-state index is -0.527. The number of amides is 2. The number of benzene rings is 1. The van der Waals surface area contributed by atoms with Gasteiger partial charge in [-0.05, 0) is 39.0 Å². The molecule has 0 aromatic heterocycles. The van der Waals surface area contributed by atoms with Gasteiger partial charge < -0.3 is 10.2 Å². The number of piperazine rings is 1. The highest BCUT2D eigenvalue weighted by atomic mass is 79.9. The molecule has 1 aliphatic rings. The van der Waals surface area contributed by atoms with E-state index in [2.05, 4.69) is 21.2 Å². The lowest BCUT2D eigenvalue weighted by Gasteiger charge is -2.35. The Morgan fingerprint density at radius 3 is 2.38 bits per heavy atom. The maximum Gasteiger partial charge on any atom is 0.256 e. The molecule has 0 saturated carbocycles. The van der Waals surface area contributed by atoms with Crippen LogP contribution in [0.25, 0.3) is 0 Å². The van der Waals surface area contributed by atoms with Gasteiger partial charge in [-0.15, -0.1) is 0 Å². The van der Waals surface area contributed by atoms with E-state index in [0.717, 1.165) is 0 Å². The van der Waals surface area contributed by atoms with Crippen LogP contribution >= 0.6 is 15.9 Å². The summed E-state index contributed by atoms with van der Waals surface area (Å²) in [5, 5.41) is 2.92. The Kier molecular flexibility index (Phi) is 5.98. The summed E-state index contributed by atoms with van der Waals surface area (Å²) in [6.45, 7) is 8.29. The van der Waals surface area contributed by atoms with Crippen LogP contribution in [0.4, 0.5) is 4.39 Å². The van der Waals surface area contributed by atoms with E-state index in [0.29, 0.717) is 37.2 Å². The number of nitrogens with one attached hydrogen (secondary N) is 1. The van der Waals surface area contributed by atoms with Crippen molar-refractivity contribution >= 4 is 27.7 Å². The maximum absolute atomic E-state index is 13.9. The van der Waals surface area contributed by atoms with Crippen molar-refractivity contribution in [2.45, 2.75) is 26.3 Å². The fraction of sp³-hybridized carbons (Fsp3) is 0.529. The van der Waals surface area contributed by atoms with Gasteiger partial charge >= 0.3 is 0 Å². The van der Waals surface area contributed by atoms with Gasteiger partial charge in [-0.3, -0.25) is 14.5 Å². The fourth-order valence-electron chi connectivity index (χ4n) is 2.60. The fourth-order valence-corrected chi connectivity index (χ4v) is 2.94. The highest BCUT2D eigenvalue weighted by Crippen LogP contribution is 2.17. The Morgan fingerprint density at radius 1 is 1.21 bits per heavy atom. The average molecular weight is 400 g/mol. The van der Waals surface area contributed by atoms with Crippen molar-refractivity contribution in [3.8, 4) is 0 Å². The third kappa shape index (κ3) is 5.27. The minimum absolute atomic E-state index is 0.0266. The predicted molar refractivity (Wildman–Crippen MR) is 94.3 cm³/mol. The SMILES string of the molecule is CC(C)(C)NC(=O)CN1CCN(C(=O)c2ccc(Br)cc2F)CC1. The first-order chi connectivity index (χ1) is 11.2. The third-order valence-electron chi connectivity index (χ3n) is 3.70. The average Bonchev–Trinajstić information content (AvgIpc) is 2.45. The first kappa shape index (κ1) is 18.9. The van der Waals surface area contributed by atoms with Crippen molar-refractivity contribution < 1.29 is 14.0 Å². The molecule has 1 heterocycles. The Labute approximate surface area is 150 Å². The molecule has 0 spiro atoms. The van der Waals surface area contributed by atoms with Crippen molar-refractivity contribution in [1.29, 1.82) is 0 Å². The van der Waals surface area contributed by atoms with Gasteiger partial charge in [0.05, 0.1) is 12.1 Å². The molecular weight excluding hydrogens is 377 g/mol. The number of hydrogen-bond donors (Lipinski definition) is 1. The molecule has 2 rings (SSSR count). The smallest absolute Gasteiger partial charge is 0.256 e. The molecule has 1 fully saturated rings. The summed E-state index contributed by atoms with van der Waals surface area (Å²) in [6.07, 6.45) is 0. The van der Waals surface area contributed by atoms with Crippen LogP contribution in [0.1, 0.15) is 31.1 Å². The number of nitrogens with zero attached hydrogens (tertiary/aromatic N) is 2. The first-order valence-electron chi connectivity index (χ1n) is 7.93. The number of carbonyl (C=O) groups is 2. The predicted octanol–water partition coefficient (Wildman–Crippen LogP) is 2.26. The van der Waals surface area contributed by atoms with Gasteiger partial charge in [0.2, 0.25) is 5.91 Å². The molecule has 1 aromatic carbocycles. The Morgan fingerprint density at radius 2 is 1.83 bits per heavy atom. The zero-order valence-corrected chi connectivity index (χ0v) is 15.8. The van der Waals surface area contributed by atoms with Crippen molar-refractivity contribution in [3.63, 3.8) is 0 Å². The Balaban J connectivity index is 1.88. The molecule has 0 bridgehead atoms. The zero-order chi connectivity index (χ0) is 17.9. The van der Waals surface area contributed by atoms with Crippen LogP contribution in [0, 0.1) is 5.82 Å². The second kappa shape index (κ2) is 7.61. The van der Waals surface area contributed by atoms with Gasteiger partial charge in [0.25, 0.3) is 5.91 Å². The van der Waals surface area contributed by atoms with E-state index >= 15 is 0 Å². The van der Waals surface area contributed by atoms with Crippen LogP contribution in [-0.4, -0.2) is 59.9 Å². The summed E-state index contributed by atoms with van der Waals surface area (Å²) in [7, 11) is 0. The number of hydrogen-bond acceptors (Lipinski definition) is 3. The summed E-state index contributed by atoms with van der Waals surface area (Å²) >= 11 is 3.18. The van der Waals surface area contributed by atoms with Gasteiger partial charge in [-0.25, -0.2) is 4.39 Å². The summed E-state index contributed by atoms with van der Waals surface area (Å²) in [5.41, 5.74) is -0.175. The Bertz CT molecular complexity index is 623. The molecule has 132 valence electrons. The molecule has 1 aliphatic heterocycles. The van der Waals surface area contributed by atoms with Gasteiger partial charge in [0.15, 0.2) is 0 Å². The normalized spacial score (nSPS) is 16.1. The lowest BCUT2D eigenvalue weighted by Crippen LogP contribution is -2.52. The Hall–Kier alpha value is -1.47. The number of carbonyl (C=O) groups excluding carboxylic acids is 2. The van der Waals surface area contributed by atoms with Crippen molar-refractivity contribution in [1.82, 2.24) is 15.1 Å². The van der Waals surface area contributed by atoms with Crippen molar-refractivity contribution in [3.05, 3.63) is 34.1 Å². The van der Waals surface area contributed by atoms with Gasteiger partial charge in [-0.2, -0.15) is 0 Å². The summed E-state index contributed by atoms with van der Waals surface area (Å²) in [4.78, 5) is 28.0. The second-order valence-corrected chi connectivity index (χ2v) is 7.91. The highest BCUT2D eigenvalue weighted by Gasteiger charge is 2.25. The van der Waals surface area contributed by atoms with Crippen LogP contribution in [0.2, 0.25) is 0 Å². The monoisotopic (exact) mass is 399 g/mol. The van der Waals surface area contributed by atoms with E-state index in [1.54, 1.807) is 11.0 Å². The molecule has 2 amide bonds. The molecule has 1 N–H and O–H groups in total. The summed E-state index contributed by atoms with van der Waals surface area (Å²) in [6, 6.07) is 4.44. The summed E-state index contributed by atoms with van der Waals surface area (Å²) < 4.78 is 14.5. The standard InChI is InChI=1S/C17H23BrFN3O2/c1-17(2,3)20-15(23)11-21-6-8-22(9-7-21)16(24)13-5-4-12(18)10-14(13)19/h4-5,10H,6-9,11H2,1-3H3,(H,20,23). The number of halogens is 2. The molecule has 1 aromatic rings. The van der Waals surface area contributed by atoms with Crippen LogP contribution in [0.3, 0.4) is 0 Å². The quantitative estimate of drug-likeness (QED) is 0.847. The molecule has 7 heteroatoms. The van der Waals surface area contributed by atoms with E-state index < -0.39 is 5.82 Å². The van der Waals surface area contributed by atoms with E-state index in [4.69, 9.17) is 0 Å². The molecule has 24 heavy (non-hydrogen) atoms. The van der Waals surface area contributed by atoms with E-state index in [1.165, 1.54) is 12.1 Å². The molecule has 5 nitrogen and oxygen atoms in total. The molecule has 0 radical (unpaired) electrons. The lowest BCUT2D eigenvalue weighted by atomic mass is 10.1. The van der Waals surface area contributed by atoms with Crippen LogP contribution < -0.4 is 5.32 Å². The van der Waals surface area contributed by atoms with Crippen molar-refractivity contribution in [2.75, 3.05) is 32.7 Å². The van der Waals surface area contributed by atoms with E-state index in [9.17, 15) is 14.0 Å². The first-order valence-corrected chi connectivity index (χ1v) is 8.73. The molecule has 1 saturated heterocycles. The van der Waals surface area contributed by atoms with Gasteiger partial charge in [0, 0.05) is 36.2 Å². The van der Waals surface area contributed by atoms with Crippen LogP contribution in [-0.2, 0) is 4.79 Å². The second-order valence-electron chi connectivity index (χ2n) is 6.99. The van der Waals surface area contributed by atoms with E-state index in [1.807, 2.05) is 25.7 Å². The molecular formula is C17H23BrFN3O2. The third-order valence-corrected chi connectivity index (χ3v) is 4.20. The maximum atomic E-state index is 13.9. The van der Waals surface area contributed by atoms with Crippen molar-refractivity contribution in [2.24, 2.45) is 0 Å². The summed E-state index contributed by atoms with van der Waals surface area (Å²) in [5.74, 6) is -0.860. The van der Waals surface area contributed by atoms with Crippen LogP contribution in [0.5, 0.6) is 0 Å². The largest absolute Gasteiger partial charge is 0.350 e. The van der Waals surface area contributed by atoms with Gasteiger partial charge in [0.1, 0.15) is 5.82 Å². The lowest BCUT2D eigenvalue weighted by molar-refractivity contribution is -0.124. The topological polar surface area (TPSA) is 52.7 Å². The molecule has 0 unspecified atom stereocenters. The minimum Gasteiger partial charge on any atom is -0.350 e. The van der Waals surface area contributed by atoms with Gasteiger partial charge in [-0.1, -0.05) is 15.9 Å². The zero-order valence-electron chi connectivity index (χ0n) is 14.2.